The molecular weight excluding hydrogens is 402 g/mol. The van der Waals surface area contributed by atoms with Gasteiger partial charge < -0.3 is 29.4 Å². The van der Waals surface area contributed by atoms with Crippen LogP contribution in [0.3, 0.4) is 0 Å². The third-order valence-corrected chi connectivity index (χ3v) is 6.21. The predicted molar refractivity (Wildman–Crippen MR) is 120 cm³/mol. The number of rotatable bonds is 7. The van der Waals surface area contributed by atoms with E-state index in [1.807, 2.05) is 18.2 Å². The lowest BCUT2D eigenvalue weighted by molar-refractivity contribution is 0.174. The number of thiocarbonyl (C=S) groups is 1. The zero-order valence-corrected chi connectivity index (χ0v) is 18.2. The normalized spacial score (nSPS) is 16.0. The van der Waals surface area contributed by atoms with Crippen LogP contribution in [0, 0.1) is 0 Å². The Balaban J connectivity index is 1.57. The smallest absolute Gasteiger partial charge is 0.253 e. The maximum atomic E-state index is 12.8. The Kier molecular flexibility index (Phi) is 6.74. The number of benzene rings is 1. The fourth-order valence-corrected chi connectivity index (χ4v) is 4.53. The average molecular weight is 432 g/mol. The molecule has 0 spiro atoms. The molecular formula is C22H29N3O4S. The molecule has 2 aromatic rings. The summed E-state index contributed by atoms with van der Waals surface area (Å²) in [7, 11) is 1.70. The van der Waals surface area contributed by atoms with Crippen molar-refractivity contribution < 1.29 is 14.2 Å². The summed E-state index contributed by atoms with van der Waals surface area (Å²) in [6, 6.07) is 6.04. The van der Waals surface area contributed by atoms with Crippen LogP contribution in [0.2, 0.25) is 0 Å². The number of hydrogen-bond donors (Lipinski definition) is 2. The van der Waals surface area contributed by atoms with E-state index in [2.05, 4.69) is 15.2 Å². The van der Waals surface area contributed by atoms with Crippen LogP contribution in [-0.2, 0) is 11.3 Å². The van der Waals surface area contributed by atoms with E-state index in [4.69, 9.17) is 26.4 Å². The molecule has 1 aliphatic heterocycles. The van der Waals surface area contributed by atoms with Gasteiger partial charge in [-0.05, 0) is 43.6 Å². The fraction of sp³-hybridized carbons (Fsp3) is 0.545. The zero-order chi connectivity index (χ0) is 20.9. The van der Waals surface area contributed by atoms with Crippen molar-refractivity contribution in [3.8, 4) is 11.5 Å². The molecule has 1 aliphatic carbocycles. The number of ether oxygens (including phenoxy) is 3. The molecule has 4 rings (SSSR count). The van der Waals surface area contributed by atoms with E-state index in [0.29, 0.717) is 41.4 Å². The quantitative estimate of drug-likeness (QED) is 0.515. The number of nitrogens with zero attached hydrogens (tertiary/aromatic N) is 1. The number of methoxy groups -OCH3 is 1. The zero-order valence-electron chi connectivity index (χ0n) is 17.4. The molecule has 0 amide bonds. The molecule has 1 aromatic heterocycles. The average Bonchev–Trinajstić information content (AvgIpc) is 3.21. The Morgan fingerprint density at radius 3 is 2.77 bits per heavy atom. The first-order valence-corrected chi connectivity index (χ1v) is 11.1. The van der Waals surface area contributed by atoms with E-state index >= 15 is 0 Å². The van der Waals surface area contributed by atoms with Gasteiger partial charge in [0, 0.05) is 43.3 Å². The molecule has 1 aromatic carbocycles. The lowest BCUT2D eigenvalue weighted by atomic mass is 9.94. The highest BCUT2D eigenvalue weighted by Gasteiger charge is 2.24. The number of nitrogens with one attached hydrogen (secondary N) is 2. The number of pyridine rings is 1. The Bertz CT molecular complexity index is 955. The largest absolute Gasteiger partial charge is 0.454 e. The summed E-state index contributed by atoms with van der Waals surface area (Å²) in [4.78, 5) is 18.0. The summed E-state index contributed by atoms with van der Waals surface area (Å²) in [6.07, 6.45) is 6.76. The van der Waals surface area contributed by atoms with Gasteiger partial charge >= 0.3 is 0 Å². The summed E-state index contributed by atoms with van der Waals surface area (Å²) in [5, 5.41) is 4.99. The highest BCUT2D eigenvalue weighted by molar-refractivity contribution is 7.80. The Labute approximate surface area is 181 Å². The van der Waals surface area contributed by atoms with Crippen LogP contribution in [0.25, 0.3) is 10.9 Å². The number of hydrogen-bond acceptors (Lipinski definition) is 5. The summed E-state index contributed by atoms with van der Waals surface area (Å²) >= 11 is 5.73. The van der Waals surface area contributed by atoms with Gasteiger partial charge in [0.05, 0.1) is 12.1 Å². The monoisotopic (exact) mass is 431 g/mol. The second kappa shape index (κ2) is 9.66. The van der Waals surface area contributed by atoms with Crippen molar-refractivity contribution in [2.75, 3.05) is 27.1 Å². The third-order valence-electron chi connectivity index (χ3n) is 5.83. The Hall–Kier alpha value is -2.32. The molecule has 0 radical (unpaired) electrons. The van der Waals surface area contributed by atoms with E-state index in [-0.39, 0.29) is 12.4 Å². The van der Waals surface area contributed by atoms with Crippen LogP contribution in [0.5, 0.6) is 11.5 Å². The molecule has 2 N–H and O–H groups in total. The van der Waals surface area contributed by atoms with Crippen molar-refractivity contribution in [2.24, 2.45) is 0 Å². The molecule has 7 nitrogen and oxygen atoms in total. The Morgan fingerprint density at radius 2 is 2.00 bits per heavy atom. The molecule has 2 aliphatic rings. The first kappa shape index (κ1) is 20.9. The van der Waals surface area contributed by atoms with Crippen LogP contribution < -0.4 is 20.3 Å². The Morgan fingerprint density at radius 1 is 1.23 bits per heavy atom. The van der Waals surface area contributed by atoms with Gasteiger partial charge in [0.25, 0.3) is 5.56 Å². The molecule has 8 heteroatoms. The highest BCUT2D eigenvalue weighted by atomic mass is 32.1. The van der Waals surface area contributed by atoms with Crippen LogP contribution in [0.15, 0.2) is 23.0 Å². The van der Waals surface area contributed by atoms with Gasteiger partial charge in [-0.2, -0.15) is 0 Å². The molecule has 0 unspecified atom stereocenters. The minimum absolute atomic E-state index is 0.0932. The van der Waals surface area contributed by atoms with E-state index in [1.54, 1.807) is 7.11 Å². The lowest BCUT2D eigenvalue weighted by Crippen LogP contribution is -2.47. The minimum Gasteiger partial charge on any atom is -0.454 e. The summed E-state index contributed by atoms with van der Waals surface area (Å²) in [6.45, 7) is 2.15. The molecule has 1 fully saturated rings. The van der Waals surface area contributed by atoms with Gasteiger partial charge in [0.2, 0.25) is 6.79 Å². The van der Waals surface area contributed by atoms with Crippen molar-refractivity contribution in [1.29, 1.82) is 0 Å². The van der Waals surface area contributed by atoms with Gasteiger partial charge in [0.15, 0.2) is 16.6 Å². The molecule has 0 bridgehead atoms. The van der Waals surface area contributed by atoms with Crippen molar-refractivity contribution in [3.63, 3.8) is 0 Å². The second-order valence-electron chi connectivity index (χ2n) is 7.91. The SMILES string of the molecule is COCCCNC(=S)N(Cc1cc2cc3c(cc2[nH]c1=O)OCO3)C1CCCCC1. The van der Waals surface area contributed by atoms with Gasteiger partial charge in [-0.15, -0.1) is 0 Å². The minimum atomic E-state index is -0.0932. The summed E-state index contributed by atoms with van der Waals surface area (Å²) in [5.74, 6) is 1.37. The topological polar surface area (TPSA) is 75.8 Å². The van der Waals surface area contributed by atoms with E-state index < -0.39 is 0 Å². The maximum absolute atomic E-state index is 12.8. The molecule has 30 heavy (non-hydrogen) atoms. The highest BCUT2D eigenvalue weighted by Crippen LogP contribution is 2.35. The van der Waals surface area contributed by atoms with Gasteiger partial charge in [-0.25, -0.2) is 0 Å². The predicted octanol–water partition coefficient (Wildman–Crippen LogP) is 3.30. The van der Waals surface area contributed by atoms with Crippen LogP contribution >= 0.6 is 12.2 Å². The molecule has 1 saturated carbocycles. The molecule has 162 valence electrons. The number of H-pyrrole nitrogens is 1. The number of fused-ring (bicyclic) bond motifs is 2. The lowest BCUT2D eigenvalue weighted by Gasteiger charge is -2.36. The van der Waals surface area contributed by atoms with E-state index in [1.165, 1.54) is 19.3 Å². The van der Waals surface area contributed by atoms with Crippen molar-refractivity contribution in [2.45, 2.75) is 51.1 Å². The van der Waals surface area contributed by atoms with Gasteiger partial charge in [-0.1, -0.05) is 19.3 Å². The van der Waals surface area contributed by atoms with Crippen molar-refractivity contribution >= 4 is 28.2 Å². The third kappa shape index (κ3) is 4.70. The van der Waals surface area contributed by atoms with Gasteiger partial charge in [-0.3, -0.25) is 4.79 Å². The first-order valence-electron chi connectivity index (χ1n) is 10.6. The molecule has 2 heterocycles. The fourth-order valence-electron chi connectivity index (χ4n) is 4.21. The van der Waals surface area contributed by atoms with Crippen molar-refractivity contribution in [1.82, 2.24) is 15.2 Å². The van der Waals surface area contributed by atoms with Crippen LogP contribution in [-0.4, -0.2) is 48.1 Å². The van der Waals surface area contributed by atoms with Crippen LogP contribution in [0.1, 0.15) is 44.1 Å². The first-order chi connectivity index (χ1) is 14.7. The number of aromatic amines is 1. The molecule has 0 atom stereocenters. The van der Waals surface area contributed by atoms with E-state index in [9.17, 15) is 4.79 Å². The molecule has 0 saturated heterocycles. The van der Waals surface area contributed by atoms with Crippen LogP contribution in [0.4, 0.5) is 0 Å². The number of aromatic nitrogens is 1. The summed E-state index contributed by atoms with van der Waals surface area (Å²) < 4.78 is 16.0. The maximum Gasteiger partial charge on any atom is 0.253 e. The summed E-state index contributed by atoms with van der Waals surface area (Å²) in [5.41, 5.74) is 1.36. The standard InChI is InChI=1S/C22H29N3O4S/c1-27-9-5-8-23-22(30)25(17-6-3-2-4-7-17)13-16-10-15-11-19-20(29-14-28-19)12-18(15)24-21(16)26/h10-12,17H,2-9,13-14H2,1H3,(H,23,30)(H,24,26). The van der Waals surface area contributed by atoms with Gasteiger partial charge in [0.1, 0.15) is 0 Å². The second-order valence-corrected chi connectivity index (χ2v) is 8.30. The van der Waals surface area contributed by atoms with Crippen molar-refractivity contribution in [3.05, 3.63) is 34.1 Å². The van der Waals surface area contributed by atoms with E-state index in [0.717, 1.165) is 36.7 Å².